The number of sulfonamides is 2. The Bertz CT molecular complexity index is 972. The number of rotatable bonds is 6. The van der Waals surface area contributed by atoms with Crippen molar-refractivity contribution in [2.45, 2.75) is 30.4 Å². The van der Waals surface area contributed by atoms with Crippen molar-refractivity contribution in [2.75, 3.05) is 17.8 Å². The quantitative estimate of drug-likeness (QED) is 0.796. The highest BCUT2D eigenvalue weighted by Gasteiger charge is 2.28. The number of nitrogens with zero attached hydrogens (tertiary/aromatic N) is 1. The maximum Gasteiger partial charge on any atom is 0.243 e. The second-order valence-electron chi connectivity index (χ2n) is 6.98. The summed E-state index contributed by atoms with van der Waals surface area (Å²) in [5, 5.41) is 0. The Morgan fingerprint density at radius 3 is 2.30 bits per heavy atom. The molecule has 0 bridgehead atoms. The Morgan fingerprint density at radius 2 is 1.67 bits per heavy atom. The van der Waals surface area contributed by atoms with E-state index in [1.165, 1.54) is 28.6 Å². The van der Waals surface area contributed by atoms with Crippen molar-refractivity contribution in [3.8, 4) is 0 Å². The Hall–Kier alpha value is -1.90. The maximum atomic E-state index is 12.8. The molecule has 0 spiro atoms. The maximum absolute atomic E-state index is 12.8. The average Bonchev–Trinajstić information content (AvgIpc) is 2.62. The molecular weight excluding hydrogens is 384 g/mol. The van der Waals surface area contributed by atoms with E-state index in [4.69, 9.17) is 0 Å². The van der Waals surface area contributed by atoms with Crippen LogP contribution in [-0.4, -0.2) is 34.2 Å². The first-order valence-corrected chi connectivity index (χ1v) is 12.0. The predicted octanol–water partition coefficient (Wildman–Crippen LogP) is 3.05. The molecule has 3 rings (SSSR count). The SMILES string of the molecule is C[C@H]1CCCN(S(=O)(=O)c2ccc(NS(=O)(=O)Cc3ccccc3)cc2)C1. The molecule has 1 N–H and O–H groups in total. The number of benzene rings is 2. The number of nitrogens with one attached hydrogen (secondary N) is 1. The van der Waals surface area contributed by atoms with Crippen LogP contribution >= 0.6 is 0 Å². The summed E-state index contributed by atoms with van der Waals surface area (Å²) in [6.07, 6.45) is 1.89. The molecule has 2 aromatic rings. The Kier molecular flexibility index (Phi) is 5.88. The lowest BCUT2D eigenvalue weighted by Gasteiger charge is -2.30. The van der Waals surface area contributed by atoms with Gasteiger partial charge < -0.3 is 0 Å². The van der Waals surface area contributed by atoms with Crippen molar-refractivity contribution >= 4 is 25.7 Å². The Balaban J connectivity index is 1.71. The number of anilines is 1. The lowest BCUT2D eigenvalue weighted by Crippen LogP contribution is -2.39. The molecule has 8 heteroatoms. The smallest absolute Gasteiger partial charge is 0.243 e. The first-order chi connectivity index (χ1) is 12.8. The minimum absolute atomic E-state index is 0.139. The third-order valence-electron chi connectivity index (χ3n) is 4.58. The van der Waals surface area contributed by atoms with Crippen LogP contribution in [0.3, 0.4) is 0 Å². The molecule has 0 amide bonds. The van der Waals surface area contributed by atoms with Gasteiger partial charge >= 0.3 is 0 Å². The molecule has 1 atom stereocenters. The average molecular weight is 409 g/mol. The Labute approximate surface area is 161 Å². The van der Waals surface area contributed by atoms with Crippen LogP contribution in [0.5, 0.6) is 0 Å². The van der Waals surface area contributed by atoms with E-state index in [2.05, 4.69) is 4.72 Å². The molecule has 2 aromatic carbocycles. The van der Waals surface area contributed by atoms with Crippen molar-refractivity contribution in [3.05, 3.63) is 60.2 Å². The molecule has 27 heavy (non-hydrogen) atoms. The fraction of sp³-hybridized carbons (Fsp3) is 0.368. The monoisotopic (exact) mass is 408 g/mol. The lowest BCUT2D eigenvalue weighted by molar-refractivity contribution is 0.281. The lowest BCUT2D eigenvalue weighted by atomic mass is 10.0. The van der Waals surface area contributed by atoms with Gasteiger partial charge in [-0.05, 0) is 48.6 Å². The molecule has 0 aliphatic carbocycles. The minimum atomic E-state index is -3.57. The molecule has 6 nitrogen and oxygen atoms in total. The summed E-state index contributed by atoms with van der Waals surface area (Å²) in [7, 11) is -7.12. The van der Waals surface area contributed by atoms with Gasteiger partial charge in [0.1, 0.15) is 0 Å². The van der Waals surface area contributed by atoms with Crippen molar-refractivity contribution in [1.29, 1.82) is 0 Å². The fourth-order valence-corrected chi connectivity index (χ4v) is 6.01. The highest BCUT2D eigenvalue weighted by molar-refractivity contribution is 7.92. The number of hydrogen-bond acceptors (Lipinski definition) is 4. The van der Waals surface area contributed by atoms with E-state index < -0.39 is 20.0 Å². The summed E-state index contributed by atoms with van der Waals surface area (Å²) < 4.78 is 54.1. The molecule has 1 fully saturated rings. The highest BCUT2D eigenvalue weighted by Crippen LogP contribution is 2.24. The van der Waals surface area contributed by atoms with Crippen LogP contribution in [0.4, 0.5) is 5.69 Å². The van der Waals surface area contributed by atoms with Gasteiger partial charge in [0.2, 0.25) is 20.0 Å². The van der Waals surface area contributed by atoms with Crippen LogP contribution < -0.4 is 4.72 Å². The highest BCUT2D eigenvalue weighted by atomic mass is 32.2. The topological polar surface area (TPSA) is 83.6 Å². The van der Waals surface area contributed by atoms with Gasteiger partial charge in [0.05, 0.1) is 10.6 Å². The van der Waals surface area contributed by atoms with E-state index >= 15 is 0 Å². The fourth-order valence-electron chi connectivity index (χ4n) is 3.22. The van der Waals surface area contributed by atoms with Crippen LogP contribution in [-0.2, 0) is 25.8 Å². The van der Waals surface area contributed by atoms with Crippen LogP contribution in [0.25, 0.3) is 0 Å². The molecule has 146 valence electrons. The summed E-state index contributed by atoms with van der Waals surface area (Å²) in [5.74, 6) is 0.206. The summed E-state index contributed by atoms with van der Waals surface area (Å²) in [6, 6.07) is 14.8. The normalized spacial score (nSPS) is 18.9. The standard InChI is InChI=1S/C19H24N2O4S2/c1-16-6-5-13-21(14-16)27(24,25)19-11-9-18(10-12-19)20-26(22,23)15-17-7-3-2-4-8-17/h2-4,7-12,16,20H,5-6,13-15H2,1H3/t16-/m0/s1. The van der Waals surface area contributed by atoms with E-state index in [0.29, 0.717) is 30.3 Å². The number of piperidine rings is 1. The van der Waals surface area contributed by atoms with Gasteiger partial charge in [-0.1, -0.05) is 37.3 Å². The van der Waals surface area contributed by atoms with E-state index in [1.54, 1.807) is 24.3 Å². The summed E-state index contributed by atoms with van der Waals surface area (Å²) in [5.41, 5.74) is 1.03. The zero-order valence-corrected chi connectivity index (χ0v) is 16.8. The van der Waals surface area contributed by atoms with Crippen LogP contribution in [0.2, 0.25) is 0 Å². The molecule has 0 aromatic heterocycles. The van der Waals surface area contributed by atoms with Gasteiger partial charge in [-0.3, -0.25) is 4.72 Å². The van der Waals surface area contributed by atoms with Crippen LogP contribution in [0.1, 0.15) is 25.3 Å². The Morgan fingerprint density at radius 1 is 1.00 bits per heavy atom. The van der Waals surface area contributed by atoms with Crippen molar-refractivity contribution in [3.63, 3.8) is 0 Å². The summed E-state index contributed by atoms with van der Waals surface area (Å²) in [4.78, 5) is 0.183. The summed E-state index contributed by atoms with van der Waals surface area (Å²) in [6.45, 7) is 3.10. The van der Waals surface area contributed by atoms with E-state index in [9.17, 15) is 16.8 Å². The molecule has 1 heterocycles. The zero-order valence-electron chi connectivity index (χ0n) is 15.2. The molecule has 0 saturated carbocycles. The van der Waals surface area contributed by atoms with Gasteiger partial charge in [-0.25, -0.2) is 16.8 Å². The first kappa shape index (κ1) is 19.9. The van der Waals surface area contributed by atoms with E-state index in [-0.39, 0.29) is 10.6 Å². The number of hydrogen-bond donors (Lipinski definition) is 1. The van der Waals surface area contributed by atoms with E-state index in [1.807, 2.05) is 13.0 Å². The van der Waals surface area contributed by atoms with Gasteiger partial charge in [-0.15, -0.1) is 0 Å². The second kappa shape index (κ2) is 8.00. The molecule has 1 saturated heterocycles. The van der Waals surface area contributed by atoms with Crippen LogP contribution in [0, 0.1) is 5.92 Å². The second-order valence-corrected chi connectivity index (χ2v) is 10.6. The summed E-state index contributed by atoms with van der Waals surface area (Å²) >= 11 is 0. The van der Waals surface area contributed by atoms with E-state index in [0.717, 1.165) is 12.8 Å². The molecule has 1 aliphatic rings. The van der Waals surface area contributed by atoms with Crippen molar-refractivity contribution < 1.29 is 16.8 Å². The molecule has 1 aliphatic heterocycles. The molecule has 0 unspecified atom stereocenters. The first-order valence-electron chi connectivity index (χ1n) is 8.91. The van der Waals surface area contributed by atoms with Crippen molar-refractivity contribution in [1.82, 2.24) is 4.31 Å². The van der Waals surface area contributed by atoms with Gasteiger partial charge in [-0.2, -0.15) is 4.31 Å². The third kappa shape index (κ3) is 5.09. The van der Waals surface area contributed by atoms with Gasteiger partial charge in [0.25, 0.3) is 0 Å². The van der Waals surface area contributed by atoms with Gasteiger partial charge in [0, 0.05) is 18.8 Å². The molecule has 0 radical (unpaired) electrons. The minimum Gasteiger partial charge on any atom is -0.283 e. The van der Waals surface area contributed by atoms with Crippen molar-refractivity contribution in [2.24, 2.45) is 5.92 Å². The molecular formula is C19H24N2O4S2. The predicted molar refractivity (Wildman–Crippen MR) is 106 cm³/mol. The van der Waals surface area contributed by atoms with Gasteiger partial charge in [0.15, 0.2) is 0 Å². The largest absolute Gasteiger partial charge is 0.283 e. The van der Waals surface area contributed by atoms with Crippen LogP contribution in [0.15, 0.2) is 59.5 Å². The third-order valence-corrected chi connectivity index (χ3v) is 7.72. The zero-order chi connectivity index (χ0) is 19.5.